The number of hydrogen-bond donors (Lipinski definition) is 3. The van der Waals surface area contributed by atoms with E-state index in [4.69, 9.17) is 10.5 Å². The zero-order valence-electron chi connectivity index (χ0n) is 17.8. The number of carbonyl (C=O) groups is 1. The van der Waals surface area contributed by atoms with Crippen LogP contribution in [-0.4, -0.2) is 57.2 Å². The van der Waals surface area contributed by atoms with Crippen molar-refractivity contribution in [2.75, 3.05) is 31.6 Å². The molecule has 1 aliphatic heterocycles. The number of thiophene rings is 1. The maximum atomic E-state index is 12.1. The van der Waals surface area contributed by atoms with Crippen LogP contribution >= 0.6 is 11.3 Å². The number of rotatable bonds is 8. The smallest absolute Gasteiger partial charge is 0.251 e. The highest BCUT2D eigenvalue weighted by atomic mass is 32.1. The van der Waals surface area contributed by atoms with Gasteiger partial charge in [0, 0.05) is 35.9 Å². The van der Waals surface area contributed by atoms with Gasteiger partial charge < -0.3 is 20.9 Å². The third-order valence-corrected chi connectivity index (χ3v) is 6.31. The van der Waals surface area contributed by atoms with Crippen LogP contribution in [0.25, 0.3) is 10.4 Å². The van der Waals surface area contributed by atoms with Gasteiger partial charge in [0.1, 0.15) is 16.6 Å². The van der Waals surface area contributed by atoms with Gasteiger partial charge in [-0.05, 0) is 24.6 Å². The predicted octanol–water partition coefficient (Wildman–Crippen LogP) is 2.72. The molecule has 9 nitrogen and oxygen atoms in total. The highest BCUT2D eigenvalue weighted by molar-refractivity contribution is 7.19. The first-order chi connectivity index (χ1) is 15.5. The largest absolute Gasteiger partial charge is 0.387 e. The Morgan fingerprint density at radius 3 is 2.81 bits per heavy atom. The number of pyridine rings is 1. The first-order valence-electron chi connectivity index (χ1n) is 10.5. The summed E-state index contributed by atoms with van der Waals surface area (Å²) < 4.78 is 5.38. The van der Waals surface area contributed by atoms with E-state index in [1.165, 1.54) is 11.3 Å². The summed E-state index contributed by atoms with van der Waals surface area (Å²) in [5, 5.41) is 13.8. The second-order valence-electron chi connectivity index (χ2n) is 7.49. The molecule has 1 atom stereocenters. The SMILES string of the molecule is CCC(O)c1ccc(-c2cc(C(N)=O)c(Nc3ccnc(CN4CCOCC4)n3)s2)cn1. The molecule has 1 aliphatic rings. The lowest BCUT2D eigenvalue weighted by molar-refractivity contribution is 0.0331. The Morgan fingerprint density at radius 2 is 2.12 bits per heavy atom. The van der Waals surface area contributed by atoms with Crippen molar-refractivity contribution in [2.24, 2.45) is 5.73 Å². The third kappa shape index (κ3) is 5.28. The van der Waals surface area contributed by atoms with Gasteiger partial charge in [0.15, 0.2) is 0 Å². The number of carbonyl (C=O) groups excluding carboxylic acids is 1. The first kappa shape index (κ1) is 22.3. The summed E-state index contributed by atoms with van der Waals surface area (Å²) >= 11 is 1.40. The van der Waals surface area contributed by atoms with Crippen LogP contribution in [0.3, 0.4) is 0 Å². The van der Waals surface area contributed by atoms with E-state index in [9.17, 15) is 9.90 Å². The molecule has 1 saturated heterocycles. The number of anilines is 2. The van der Waals surface area contributed by atoms with E-state index < -0.39 is 12.0 Å². The third-order valence-electron chi connectivity index (χ3n) is 5.21. The number of aromatic nitrogens is 3. The van der Waals surface area contributed by atoms with Crippen LogP contribution in [0.4, 0.5) is 10.8 Å². The van der Waals surface area contributed by atoms with Crippen molar-refractivity contribution in [3.05, 3.63) is 53.7 Å². The summed E-state index contributed by atoms with van der Waals surface area (Å²) in [6.07, 6.45) is 3.40. The number of hydrogen-bond acceptors (Lipinski definition) is 9. The molecular weight excluding hydrogens is 428 g/mol. The van der Waals surface area contributed by atoms with Crippen LogP contribution in [-0.2, 0) is 11.3 Å². The second kappa shape index (κ2) is 10.1. The topological polar surface area (TPSA) is 126 Å². The molecule has 0 spiro atoms. The average Bonchev–Trinajstić information content (AvgIpc) is 3.23. The van der Waals surface area contributed by atoms with E-state index in [0.29, 0.717) is 54.1 Å². The van der Waals surface area contributed by atoms with E-state index in [1.807, 2.05) is 13.0 Å². The lowest BCUT2D eigenvalue weighted by Gasteiger charge is -2.25. The molecule has 0 bridgehead atoms. The van der Waals surface area contributed by atoms with E-state index >= 15 is 0 Å². The number of nitrogens with two attached hydrogens (primary N) is 1. The fraction of sp³-hybridized carbons (Fsp3) is 0.364. The van der Waals surface area contributed by atoms with E-state index in [2.05, 4.69) is 25.2 Å². The summed E-state index contributed by atoms with van der Waals surface area (Å²) in [5.41, 5.74) is 7.47. The van der Waals surface area contributed by atoms with Crippen LogP contribution in [0.2, 0.25) is 0 Å². The Labute approximate surface area is 190 Å². The van der Waals surface area contributed by atoms with Crippen LogP contribution < -0.4 is 11.1 Å². The van der Waals surface area contributed by atoms with Gasteiger partial charge in [-0.25, -0.2) is 9.97 Å². The van der Waals surface area contributed by atoms with Crippen molar-refractivity contribution < 1.29 is 14.6 Å². The lowest BCUT2D eigenvalue weighted by Crippen LogP contribution is -2.36. The van der Waals surface area contributed by atoms with E-state index in [-0.39, 0.29) is 0 Å². The average molecular weight is 455 g/mol. The van der Waals surface area contributed by atoms with Crippen molar-refractivity contribution in [1.82, 2.24) is 19.9 Å². The quantitative estimate of drug-likeness (QED) is 0.474. The standard InChI is InChI=1S/C22H26N6O3S/c1-2-17(29)16-4-3-14(12-25-16)18-11-15(21(23)30)22(32-18)27-19-5-6-24-20(26-19)13-28-7-9-31-10-8-28/h3-6,11-12,17,29H,2,7-10,13H2,1H3,(H2,23,30)(H,24,26,27). The van der Waals surface area contributed by atoms with Gasteiger partial charge in [-0.15, -0.1) is 11.3 Å². The molecule has 32 heavy (non-hydrogen) atoms. The minimum absolute atomic E-state index is 0.385. The number of nitrogens with one attached hydrogen (secondary N) is 1. The van der Waals surface area contributed by atoms with Gasteiger partial charge in [0.25, 0.3) is 5.91 Å². The van der Waals surface area contributed by atoms with Gasteiger partial charge in [-0.3, -0.25) is 14.7 Å². The molecule has 10 heteroatoms. The molecule has 1 unspecified atom stereocenters. The Hall–Kier alpha value is -2.92. The summed E-state index contributed by atoms with van der Waals surface area (Å²) in [6, 6.07) is 7.18. The van der Waals surface area contributed by atoms with E-state index in [1.54, 1.807) is 30.6 Å². The zero-order chi connectivity index (χ0) is 22.5. The molecule has 0 aliphatic carbocycles. The number of amides is 1. The van der Waals surface area contributed by atoms with E-state index in [0.717, 1.165) is 23.5 Å². The summed E-state index contributed by atoms with van der Waals surface area (Å²) in [5.74, 6) is 0.769. The molecule has 3 aromatic heterocycles. The minimum atomic E-state index is -0.588. The summed E-state index contributed by atoms with van der Waals surface area (Å²) in [7, 11) is 0. The normalized spacial score (nSPS) is 15.4. The molecule has 0 aromatic carbocycles. The minimum Gasteiger partial charge on any atom is -0.387 e. The number of aliphatic hydroxyl groups is 1. The number of primary amides is 1. The molecule has 3 aromatic rings. The lowest BCUT2D eigenvalue weighted by atomic mass is 10.1. The predicted molar refractivity (Wildman–Crippen MR) is 123 cm³/mol. The number of aliphatic hydroxyl groups excluding tert-OH is 1. The van der Waals surface area contributed by atoms with Crippen LogP contribution in [0.15, 0.2) is 36.7 Å². The van der Waals surface area contributed by atoms with Gasteiger partial charge >= 0.3 is 0 Å². The number of morpholine rings is 1. The van der Waals surface area contributed by atoms with Crippen molar-refractivity contribution >= 4 is 28.1 Å². The Morgan fingerprint density at radius 1 is 1.31 bits per heavy atom. The van der Waals surface area contributed by atoms with Gasteiger partial charge in [-0.2, -0.15) is 0 Å². The molecule has 1 amide bonds. The zero-order valence-corrected chi connectivity index (χ0v) is 18.6. The summed E-state index contributed by atoms with van der Waals surface area (Å²) in [4.78, 5) is 28.4. The summed E-state index contributed by atoms with van der Waals surface area (Å²) in [6.45, 7) is 5.66. The maximum absolute atomic E-state index is 12.1. The number of nitrogens with zero attached hydrogens (tertiary/aromatic N) is 4. The van der Waals surface area contributed by atoms with Crippen molar-refractivity contribution in [2.45, 2.75) is 26.0 Å². The molecular formula is C22H26N6O3S. The van der Waals surface area contributed by atoms with Gasteiger partial charge in [0.2, 0.25) is 0 Å². The van der Waals surface area contributed by atoms with Crippen LogP contribution in [0.1, 0.15) is 41.3 Å². The van der Waals surface area contributed by atoms with Crippen molar-refractivity contribution in [1.29, 1.82) is 0 Å². The molecule has 4 N–H and O–H groups in total. The molecule has 1 fully saturated rings. The van der Waals surface area contributed by atoms with Crippen LogP contribution in [0, 0.1) is 0 Å². The van der Waals surface area contributed by atoms with Crippen molar-refractivity contribution in [3.8, 4) is 10.4 Å². The monoisotopic (exact) mass is 454 g/mol. The Bertz CT molecular complexity index is 1070. The molecule has 4 heterocycles. The molecule has 0 saturated carbocycles. The van der Waals surface area contributed by atoms with Crippen molar-refractivity contribution in [3.63, 3.8) is 0 Å². The van der Waals surface area contributed by atoms with Gasteiger partial charge in [0.05, 0.1) is 37.1 Å². The first-order valence-corrected chi connectivity index (χ1v) is 11.3. The number of ether oxygens (including phenoxy) is 1. The molecule has 168 valence electrons. The fourth-order valence-corrected chi connectivity index (χ4v) is 4.45. The Balaban J connectivity index is 1.54. The fourth-order valence-electron chi connectivity index (χ4n) is 3.39. The highest BCUT2D eigenvalue weighted by Crippen LogP contribution is 2.36. The maximum Gasteiger partial charge on any atom is 0.251 e. The Kier molecular flexibility index (Phi) is 7.05. The molecule has 4 rings (SSSR count). The second-order valence-corrected chi connectivity index (χ2v) is 8.54. The van der Waals surface area contributed by atoms with Gasteiger partial charge in [-0.1, -0.05) is 13.0 Å². The highest BCUT2D eigenvalue weighted by Gasteiger charge is 2.17. The van der Waals surface area contributed by atoms with Crippen LogP contribution in [0.5, 0.6) is 0 Å². The molecule has 0 radical (unpaired) electrons.